The van der Waals surface area contributed by atoms with Gasteiger partial charge in [0.1, 0.15) is 0 Å². The third kappa shape index (κ3) is 0.988. The van der Waals surface area contributed by atoms with Gasteiger partial charge < -0.3 is 10.3 Å². The van der Waals surface area contributed by atoms with E-state index in [2.05, 4.69) is 14.7 Å². The van der Waals surface area contributed by atoms with Gasteiger partial charge in [-0.2, -0.15) is 4.98 Å². The molecule has 0 radical (unpaired) electrons. The quantitative estimate of drug-likeness (QED) is 0.696. The topological polar surface area (TPSA) is 64.9 Å². The number of nitrogens with two attached hydrogens (primary N) is 1. The number of nitrogen functional groups attached to an aromatic ring is 1. The summed E-state index contributed by atoms with van der Waals surface area (Å²) in [5.74, 6) is 0.545. The molecule has 2 rings (SSSR count). The Kier molecular flexibility index (Phi) is 1.36. The van der Waals surface area contributed by atoms with Crippen molar-refractivity contribution in [2.45, 2.75) is 0 Å². The molecule has 11 heavy (non-hydrogen) atoms. The van der Waals surface area contributed by atoms with Gasteiger partial charge in [0.15, 0.2) is 0 Å². The molecule has 0 amide bonds. The van der Waals surface area contributed by atoms with Crippen molar-refractivity contribution in [1.82, 2.24) is 10.1 Å². The first-order valence-corrected chi connectivity index (χ1v) is 3.85. The molecule has 0 saturated carbocycles. The van der Waals surface area contributed by atoms with Crippen molar-refractivity contribution < 1.29 is 4.52 Å². The van der Waals surface area contributed by atoms with E-state index in [1.165, 1.54) is 17.7 Å². The lowest BCUT2D eigenvalue weighted by Gasteiger charge is -1.87. The number of thiophene rings is 1. The third-order valence-corrected chi connectivity index (χ3v) is 2.04. The number of nitrogens with zero attached hydrogens (tertiary/aromatic N) is 2. The summed E-state index contributed by atoms with van der Waals surface area (Å²) in [6.07, 6.45) is 1.28. The zero-order valence-corrected chi connectivity index (χ0v) is 6.34. The summed E-state index contributed by atoms with van der Waals surface area (Å²) in [5.41, 5.74) is 6.47. The fraction of sp³-hybridized carbons (Fsp3) is 0. The van der Waals surface area contributed by atoms with E-state index in [1.54, 1.807) is 0 Å². The molecule has 56 valence electrons. The molecule has 0 aliphatic rings. The molecule has 2 aromatic rings. The summed E-state index contributed by atoms with van der Waals surface area (Å²) in [7, 11) is 0. The van der Waals surface area contributed by atoms with Gasteiger partial charge in [-0.25, -0.2) is 0 Å². The SMILES string of the molecule is Nc1sccc1-c1ncon1. The second-order valence-corrected chi connectivity index (χ2v) is 2.90. The van der Waals surface area contributed by atoms with Gasteiger partial charge in [-0.3, -0.25) is 0 Å². The van der Waals surface area contributed by atoms with E-state index in [0.717, 1.165) is 5.56 Å². The molecule has 0 saturated heterocycles. The second-order valence-electron chi connectivity index (χ2n) is 1.95. The van der Waals surface area contributed by atoms with Crippen molar-refractivity contribution in [2.24, 2.45) is 0 Å². The van der Waals surface area contributed by atoms with Crippen LogP contribution in [0.25, 0.3) is 11.4 Å². The van der Waals surface area contributed by atoms with Crippen molar-refractivity contribution in [3.05, 3.63) is 17.8 Å². The van der Waals surface area contributed by atoms with Crippen molar-refractivity contribution >= 4 is 16.3 Å². The Balaban J connectivity index is 2.53. The zero-order valence-electron chi connectivity index (χ0n) is 5.52. The van der Waals surface area contributed by atoms with Gasteiger partial charge in [0, 0.05) is 0 Å². The molecule has 0 atom stereocenters. The highest BCUT2D eigenvalue weighted by Crippen LogP contribution is 2.27. The van der Waals surface area contributed by atoms with Crippen LogP contribution in [0.4, 0.5) is 5.00 Å². The Morgan fingerprint density at radius 1 is 1.55 bits per heavy atom. The maximum atomic E-state index is 5.63. The highest BCUT2D eigenvalue weighted by molar-refractivity contribution is 7.14. The normalized spacial score (nSPS) is 10.2. The predicted octanol–water partition coefficient (Wildman–Crippen LogP) is 1.38. The second kappa shape index (κ2) is 2.35. The van der Waals surface area contributed by atoms with Gasteiger partial charge in [-0.1, -0.05) is 5.16 Å². The first-order valence-electron chi connectivity index (χ1n) is 2.97. The van der Waals surface area contributed by atoms with E-state index in [-0.39, 0.29) is 0 Å². The van der Waals surface area contributed by atoms with E-state index >= 15 is 0 Å². The van der Waals surface area contributed by atoms with Gasteiger partial charge in [0.25, 0.3) is 0 Å². The molecule has 0 spiro atoms. The Morgan fingerprint density at radius 3 is 3.00 bits per heavy atom. The number of aromatic nitrogens is 2. The average Bonchev–Trinajstić information content (AvgIpc) is 2.55. The van der Waals surface area contributed by atoms with Crippen LogP contribution in [0.1, 0.15) is 0 Å². The molecule has 2 aromatic heterocycles. The van der Waals surface area contributed by atoms with Crippen LogP contribution in [0.5, 0.6) is 0 Å². The Hall–Kier alpha value is -1.36. The standard InChI is InChI=1S/C6H5N3OS/c7-5-4(1-2-11-5)6-8-3-10-9-6/h1-3H,7H2. The number of anilines is 1. The molecular formula is C6H5N3OS. The summed E-state index contributed by atoms with van der Waals surface area (Å²) in [6.45, 7) is 0. The van der Waals surface area contributed by atoms with Gasteiger partial charge in [0.2, 0.25) is 12.2 Å². The first kappa shape index (κ1) is 6.36. The highest BCUT2D eigenvalue weighted by Gasteiger charge is 2.06. The molecule has 5 heteroatoms. The monoisotopic (exact) mass is 167 g/mol. The van der Waals surface area contributed by atoms with Gasteiger partial charge in [-0.05, 0) is 11.4 Å². The van der Waals surface area contributed by atoms with E-state index in [9.17, 15) is 0 Å². The fourth-order valence-corrected chi connectivity index (χ4v) is 1.43. The summed E-state index contributed by atoms with van der Waals surface area (Å²) < 4.78 is 4.58. The van der Waals surface area contributed by atoms with Crippen LogP contribution >= 0.6 is 11.3 Å². The lowest BCUT2D eigenvalue weighted by Crippen LogP contribution is -1.84. The lowest BCUT2D eigenvalue weighted by molar-refractivity contribution is 0.419. The fourth-order valence-electron chi connectivity index (χ4n) is 0.795. The number of hydrogen-bond acceptors (Lipinski definition) is 5. The zero-order chi connectivity index (χ0) is 7.68. The van der Waals surface area contributed by atoms with Crippen molar-refractivity contribution in [3.63, 3.8) is 0 Å². The van der Waals surface area contributed by atoms with E-state index < -0.39 is 0 Å². The Labute approximate surface area is 66.7 Å². The maximum Gasteiger partial charge on any atom is 0.214 e. The average molecular weight is 167 g/mol. The smallest absolute Gasteiger partial charge is 0.214 e. The minimum atomic E-state index is 0.545. The summed E-state index contributed by atoms with van der Waals surface area (Å²) in [4.78, 5) is 3.87. The van der Waals surface area contributed by atoms with E-state index in [0.29, 0.717) is 10.8 Å². The van der Waals surface area contributed by atoms with Crippen LogP contribution in [-0.2, 0) is 0 Å². The number of hydrogen-bond donors (Lipinski definition) is 1. The molecule has 0 aromatic carbocycles. The van der Waals surface area contributed by atoms with Crippen molar-refractivity contribution in [1.29, 1.82) is 0 Å². The van der Waals surface area contributed by atoms with Crippen LogP contribution in [0.15, 0.2) is 22.4 Å². The summed E-state index contributed by atoms with van der Waals surface area (Å²) >= 11 is 1.46. The summed E-state index contributed by atoms with van der Waals surface area (Å²) in [6, 6.07) is 1.87. The maximum absolute atomic E-state index is 5.63. The molecule has 0 fully saturated rings. The lowest BCUT2D eigenvalue weighted by atomic mass is 10.3. The Morgan fingerprint density at radius 2 is 2.45 bits per heavy atom. The molecule has 0 bridgehead atoms. The van der Waals surface area contributed by atoms with Crippen LogP contribution < -0.4 is 5.73 Å². The van der Waals surface area contributed by atoms with Crippen molar-refractivity contribution in [3.8, 4) is 11.4 Å². The molecule has 0 aliphatic heterocycles. The molecule has 2 N–H and O–H groups in total. The van der Waals surface area contributed by atoms with Gasteiger partial charge in [-0.15, -0.1) is 11.3 Å². The van der Waals surface area contributed by atoms with Crippen LogP contribution in [0.2, 0.25) is 0 Å². The third-order valence-electron chi connectivity index (χ3n) is 1.30. The van der Waals surface area contributed by atoms with Crippen LogP contribution in [0, 0.1) is 0 Å². The molecule has 2 heterocycles. The molecule has 4 nitrogen and oxygen atoms in total. The number of rotatable bonds is 1. The minimum absolute atomic E-state index is 0.545. The molecule has 0 aliphatic carbocycles. The first-order chi connectivity index (χ1) is 5.38. The molecular weight excluding hydrogens is 162 g/mol. The van der Waals surface area contributed by atoms with Gasteiger partial charge >= 0.3 is 0 Å². The van der Waals surface area contributed by atoms with E-state index in [1.807, 2.05) is 11.4 Å². The van der Waals surface area contributed by atoms with Crippen LogP contribution in [0.3, 0.4) is 0 Å². The largest absolute Gasteiger partial charge is 0.390 e. The minimum Gasteiger partial charge on any atom is -0.390 e. The Bertz CT molecular complexity index is 340. The predicted molar refractivity (Wildman–Crippen MR) is 42.0 cm³/mol. The summed E-state index contributed by atoms with van der Waals surface area (Å²) in [5, 5.41) is 6.26. The van der Waals surface area contributed by atoms with Gasteiger partial charge in [0.05, 0.1) is 10.6 Å². The van der Waals surface area contributed by atoms with E-state index in [4.69, 9.17) is 5.73 Å². The van der Waals surface area contributed by atoms with Crippen LogP contribution in [-0.4, -0.2) is 10.1 Å². The van der Waals surface area contributed by atoms with Crippen molar-refractivity contribution in [2.75, 3.05) is 5.73 Å². The highest BCUT2D eigenvalue weighted by atomic mass is 32.1. The molecule has 0 unspecified atom stereocenters.